The van der Waals surface area contributed by atoms with Gasteiger partial charge in [-0.2, -0.15) is 0 Å². The van der Waals surface area contributed by atoms with Gasteiger partial charge in [-0.25, -0.2) is 9.97 Å². The highest BCUT2D eigenvalue weighted by atomic mass is 16.6. The summed E-state index contributed by atoms with van der Waals surface area (Å²) in [6.07, 6.45) is 1.56. The Morgan fingerprint density at radius 3 is 3.05 bits per heavy atom. The predicted molar refractivity (Wildman–Crippen MR) is 76.9 cm³/mol. The number of benzene rings is 1. The van der Waals surface area contributed by atoms with Crippen LogP contribution in [-0.2, 0) is 4.74 Å². The lowest BCUT2D eigenvalue weighted by Crippen LogP contribution is -2.52. The maximum atomic E-state index is 5.98. The zero-order valence-electron chi connectivity index (χ0n) is 11.8. The Labute approximate surface area is 118 Å². The van der Waals surface area contributed by atoms with Crippen molar-refractivity contribution in [1.82, 2.24) is 15.3 Å². The van der Waals surface area contributed by atoms with Gasteiger partial charge in [0.05, 0.1) is 16.5 Å². The summed E-state index contributed by atoms with van der Waals surface area (Å²) in [4.78, 5) is 8.44. The van der Waals surface area contributed by atoms with Gasteiger partial charge in [0.1, 0.15) is 19.0 Å². The standard InChI is InChI=1S/C15H19N3O2/c1-15(2)9-16-7-11(20-15)8-19-14-12-5-3-4-6-13(12)17-10-18-14/h3-6,10-11,16H,7-9H2,1-2H3. The summed E-state index contributed by atoms with van der Waals surface area (Å²) in [5.41, 5.74) is 0.737. The number of morpholine rings is 1. The molecule has 1 atom stereocenters. The van der Waals surface area contributed by atoms with Crippen molar-refractivity contribution in [3.8, 4) is 5.88 Å². The van der Waals surface area contributed by atoms with Crippen LogP contribution in [0.3, 0.4) is 0 Å². The molecule has 1 unspecified atom stereocenters. The fourth-order valence-electron chi connectivity index (χ4n) is 2.43. The number of para-hydroxylation sites is 1. The lowest BCUT2D eigenvalue weighted by atomic mass is 10.1. The van der Waals surface area contributed by atoms with Gasteiger partial charge in [-0.1, -0.05) is 12.1 Å². The zero-order valence-corrected chi connectivity index (χ0v) is 11.8. The normalized spacial score (nSPS) is 21.8. The minimum absolute atomic E-state index is 0.0347. The van der Waals surface area contributed by atoms with Crippen molar-refractivity contribution in [2.45, 2.75) is 25.6 Å². The average molecular weight is 273 g/mol. The number of nitrogens with zero attached hydrogens (tertiary/aromatic N) is 2. The van der Waals surface area contributed by atoms with Crippen molar-refractivity contribution in [2.24, 2.45) is 0 Å². The van der Waals surface area contributed by atoms with Crippen LogP contribution in [0.5, 0.6) is 5.88 Å². The van der Waals surface area contributed by atoms with Crippen LogP contribution >= 0.6 is 0 Å². The van der Waals surface area contributed by atoms with Gasteiger partial charge in [-0.05, 0) is 26.0 Å². The Morgan fingerprint density at radius 1 is 1.35 bits per heavy atom. The summed E-state index contributed by atoms with van der Waals surface area (Å²) >= 11 is 0. The molecule has 0 aliphatic carbocycles. The molecule has 106 valence electrons. The first-order valence-corrected chi connectivity index (χ1v) is 6.85. The Balaban J connectivity index is 1.71. The lowest BCUT2D eigenvalue weighted by Gasteiger charge is -2.36. The van der Waals surface area contributed by atoms with Crippen LogP contribution in [0.25, 0.3) is 10.9 Å². The third kappa shape index (κ3) is 2.89. The largest absolute Gasteiger partial charge is 0.474 e. The van der Waals surface area contributed by atoms with Gasteiger partial charge in [0, 0.05) is 13.1 Å². The zero-order chi connectivity index (χ0) is 14.0. The fraction of sp³-hybridized carbons (Fsp3) is 0.467. The van der Waals surface area contributed by atoms with Crippen LogP contribution in [0.4, 0.5) is 0 Å². The van der Waals surface area contributed by atoms with Gasteiger partial charge >= 0.3 is 0 Å². The van der Waals surface area contributed by atoms with Gasteiger partial charge < -0.3 is 14.8 Å². The molecule has 20 heavy (non-hydrogen) atoms. The van der Waals surface area contributed by atoms with E-state index in [1.54, 1.807) is 0 Å². The van der Waals surface area contributed by atoms with Crippen molar-refractivity contribution in [1.29, 1.82) is 0 Å². The van der Waals surface area contributed by atoms with Crippen LogP contribution in [-0.4, -0.2) is 41.4 Å². The van der Waals surface area contributed by atoms with E-state index in [0.29, 0.717) is 12.5 Å². The molecule has 1 N–H and O–H groups in total. The first kappa shape index (κ1) is 13.3. The maximum Gasteiger partial charge on any atom is 0.224 e. The highest BCUT2D eigenvalue weighted by molar-refractivity contribution is 5.82. The first-order valence-electron chi connectivity index (χ1n) is 6.85. The van der Waals surface area contributed by atoms with E-state index in [4.69, 9.17) is 9.47 Å². The van der Waals surface area contributed by atoms with Crippen molar-refractivity contribution in [3.63, 3.8) is 0 Å². The molecule has 0 spiro atoms. The van der Waals surface area contributed by atoms with Gasteiger partial charge in [0.25, 0.3) is 0 Å². The smallest absolute Gasteiger partial charge is 0.224 e. The monoisotopic (exact) mass is 273 g/mol. The Kier molecular flexibility index (Phi) is 3.54. The summed E-state index contributed by atoms with van der Waals surface area (Å²) < 4.78 is 11.8. The van der Waals surface area contributed by atoms with Crippen molar-refractivity contribution < 1.29 is 9.47 Å². The number of nitrogens with one attached hydrogen (secondary N) is 1. The molecule has 1 fully saturated rings. The minimum atomic E-state index is -0.153. The van der Waals surface area contributed by atoms with Gasteiger partial charge in [-0.3, -0.25) is 0 Å². The molecule has 1 aliphatic rings. The van der Waals surface area contributed by atoms with E-state index >= 15 is 0 Å². The van der Waals surface area contributed by atoms with E-state index in [2.05, 4.69) is 29.1 Å². The van der Waals surface area contributed by atoms with E-state index in [9.17, 15) is 0 Å². The molecule has 2 heterocycles. The topological polar surface area (TPSA) is 56.3 Å². The lowest BCUT2D eigenvalue weighted by molar-refractivity contribution is -0.107. The van der Waals surface area contributed by atoms with E-state index in [1.807, 2.05) is 24.3 Å². The molecule has 5 nitrogen and oxygen atoms in total. The number of rotatable bonds is 3. The van der Waals surface area contributed by atoms with Crippen LogP contribution in [0.15, 0.2) is 30.6 Å². The number of ether oxygens (including phenoxy) is 2. The average Bonchev–Trinajstić information content (AvgIpc) is 2.44. The number of hydrogen-bond acceptors (Lipinski definition) is 5. The van der Waals surface area contributed by atoms with Gasteiger partial charge in [0.15, 0.2) is 0 Å². The molecule has 0 saturated carbocycles. The first-order chi connectivity index (χ1) is 9.64. The summed E-state index contributed by atoms with van der Waals surface area (Å²) in [6, 6.07) is 7.83. The molecule has 1 saturated heterocycles. The maximum absolute atomic E-state index is 5.98. The van der Waals surface area contributed by atoms with E-state index in [1.165, 1.54) is 6.33 Å². The third-order valence-electron chi connectivity index (χ3n) is 3.32. The van der Waals surface area contributed by atoms with E-state index in [-0.39, 0.29) is 11.7 Å². The van der Waals surface area contributed by atoms with Gasteiger partial charge in [-0.15, -0.1) is 0 Å². The van der Waals surface area contributed by atoms with Crippen LogP contribution in [0.1, 0.15) is 13.8 Å². The van der Waals surface area contributed by atoms with Crippen molar-refractivity contribution in [2.75, 3.05) is 19.7 Å². The summed E-state index contributed by atoms with van der Waals surface area (Å²) in [7, 11) is 0. The molecule has 3 rings (SSSR count). The molecule has 1 aromatic heterocycles. The number of hydrogen-bond donors (Lipinski definition) is 1. The molecule has 1 aliphatic heterocycles. The molecule has 0 amide bonds. The molecular formula is C15H19N3O2. The van der Waals surface area contributed by atoms with E-state index in [0.717, 1.165) is 24.0 Å². The fourth-order valence-corrected chi connectivity index (χ4v) is 2.43. The minimum Gasteiger partial charge on any atom is -0.474 e. The highest BCUT2D eigenvalue weighted by Crippen LogP contribution is 2.22. The molecule has 0 radical (unpaired) electrons. The second kappa shape index (κ2) is 5.34. The highest BCUT2D eigenvalue weighted by Gasteiger charge is 2.28. The Bertz CT molecular complexity index is 595. The summed E-state index contributed by atoms with van der Waals surface area (Å²) in [5.74, 6) is 0.613. The Hall–Kier alpha value is -1.72. The molecule has 5 heteroatoms. The molecule has 0 bridgehead atoms. The summed E-state index contributed by atoms with van der Waals surface area (Å²) in [5, 5.41) is 4.29. The molecular weight excluding hydrogens is 254 g/mol. The van der Waals surface area contributed by atoms with Crippen molar-refractivity contribution >= 4 is 10.9 Å². The predicted octanol–water partition coefficient (Wildman–Crippen LogP) is 1.78. The number of aromatic nitrogens is 2. The van der Waals surface area contributed by atoms with Crippen LogP contribution < -0.4 is 10.1 Å². The molecule has 1 aromatic carbocycles. The third-order valence-corrected chi connectivity index (χ3v) is 3.32. The van der Waals surface area contributed by atoms with E-state index < -0.39 is 0 Å². The Morgan fingerprint density at radius 2 is 2.20 bits per heavy atom. The van der Waals surface area contributed by atoms with Crippen LogP contribution in [0, 0.1) is 0 Å². The van der Waals surface area contributed by atoms with Crippen molar-refractivity contribution in [3.05, 3.63) is 30.6 Å². The van der Waals surface area contributed by atoms with Crippen LogP contribution in [0.2, 0.25) is 0 Å². The quantitative estimate of drug-likeness (QED) is 0.923. The summed E-state index contributed by atoms with van der Waals surface area (Å²) in [6.45, 7) is 6.29. The SMILES string of the molecule is CC1(C)CNCC(COc2ncnc3ccccc23)O1. The number of fused-ring (bicyclic) bond motifs is 1. The second-order valence-electron chi connectivity index (χ2n) is 5.64. The molecule has 2 aromatic rings. The van der Waals surface area contributed by atoms with Gasteiger partial charge in [0.2, 0.25) is 5.88 Å². The second-order valence-corrected chi connectivity index (χ2v) is 5.64.